The first-order valence-corrected chi connectivity index (χ1v) is 8.34. The van der Waals surface area contributed by atoms with Crippen molar-refractivity contribution in [2.75, 3.05) is 44.4 Å². The molecule has 1 aromatic heterocycles. The van der Waals surface area contributed by atoms with Crippen LogP contribution in [-0.4, -0.2) is 54.6 Å². The summed E-state index contributed by atoms with van der Waals surface area (Å²) in [5, 5.41) is 6.41. The summed E-state index contributed by atoms with van der Waals surface area (Å²) in [6.07, 6.45) is 2.74. The van der Waals surface area contributed by atoms with Crippen molar-refractivity contribution in [1.82, 2.24) is 14.9 Å². The molecule has 2 N–H and O–H groups in total. The van der Waals surface area contributed by atoms with Crippen molar-refractivity contribution in [3.8, 4) is 0 Å². The Balaban J connectivity index is 1.91. The highest BCUT2D eigenvalue weighted by Gasteiger charge is 2.06. The summed E-state index contributed by atoms with van der Waals surface area (Å²) in [5.41, 5.74) is 1.32. The van der Waals surface area contributed by atoms with Gasteiger partial charge in [-0.3, -0.25) is 0 Å². The summed E-state index contributed by atoms with van der Waals surface area (Å²) in [4.78, 5) is 22.4. The smallest absolute Gasteiger partial charge is 0.338 e. The van der Waals surface area contributed by atoms with Gasteiger partial charge in [-0.1, -0.05) is 0 Å². The highest BCUT2D eigenvalue weighted by molar-refractivity contribution is 5.89. The van der Waals surface area contributed by atoms with E-state index in [1.807, 2.05) is 6.07 Å². The Morgan fingerprint density at radius 2 is 1.96 bits per heavy atom. The standard InChI is InChI=1S/C18H25N5O2/c1-4-25-17(24)14-6-8-15(9-7-14)21-18-20-12-10-16(22-18)19-11-5-13-23(2)3/h6-10,12H,4-5,11,13H2,1-3H3,(H2,19,20,21,22). The third kappa shape index (κ3) is 6.39. The number of carbonyl (C=O) groups excluding carboxylic acids is 1. The Kier molecular flexibility index (Phi) is 7.16. The summed E-state index contributed by atoms with van der Waals surface area (Å²) in [6, 6.07) is 8.86. The number of nitrogens with one attached hydrogen (secondary N) is 2. The third-order valence-electron chi connectivity index (χ3n) is 3.40. The normalized spacial score (nSPS) is 10.6. The highest BCUT2D eigenvalue weighted by Crippen LogP contribution is 2.15. The summed E-state index contributed by atoms with van der Waals surface area (Å²) in [6.45, 7) is 4.02. The Bertz CT molecular complexity index is 673. The number of nitrogens with zero attached hydrogens (tertiary/aromatic N) is 3. The highest BCUT2D eigenvalue weighted by atomic mass is 16.5. The molecule has 0 aliphatic rings. The number of hydrogen-bond donors (Lipinski definition) is 2. The van der Waals surface area contributed by atoms with Crippen LogP contribution in [0.5, 0.6) is 0 Å². The van der Waals surface area contributed by atoms with Gasteiger partial charge in [-0.15, -0.1) is 0 Å². The molecule has 7 nitrogen and oxygen atoms in total. The first-order chi connectivity index (χ1) is 12.1. The van der Waals surface area contributed by atoms with Crippen LogP contribution in [0.15, 0.2) is 36.5 Å². The van der Waals surface area contributed by atoms with E-state index in [-0.39, 0.29) is 5.97 Å². The molecule has 7 heteroatoms. The molecule has 0 bridgehead atoms. The van der Waals surface area contributed by atoms with Crippen molar-refractivity contribution in [1.29, 1.82) is 0 Å². The first kappa shape index (κ1) is 18.7. The summed E-state index contributed by atoms with van der Waals surface area (Å²) in [5.74, 6) is 0.954. The maximum atomic E-state index is 11.6. The zero-order chi connectivity index (χ0) is 18.1. The second-order valence-electron chi connectivity index (χ2n) is 5.77. The monoisotopic (exact) mass is 343 g/mol. The number of aromatic nitrogens is 2. The fourth-order valence-electron chi connectivity index (χ4n) is 2.16. The van der Waals surface area contributed by atoms with Gasteiger partial charge in [0, 0.05) is 18.4 Å². The molecule has 0 aliphatic heterocycles. The van der Waals surface area contributed by atoms with Crippen LogP contribution in [0.2, 0.25) is 0 Å². The Hall–Kier alpha value is -2.67. The number of esters is 1. The predicted molar refractivity (Wildman–Crippen MR) is 99.4 cm³/mol. The maximum absolute atomic E-state index is 11.6. The number of ether oxygens (including phenoxy) is 1. The van der Waals surface area contributed by atoms with Crippen molar-refractivity contribution in [2.45, 2.75) is 13.3 Å². The molecule has 0 spiro atoms. The quantitative estimate of drug-likeness (QED) is 0.535. The van der Waals surface area contributed by atoms with E-state index >= 15 is 0 Å². The molecule has 2 rings (SSSR count). The van der Waals surface area contributed by atoms with Crippen LogP contribution in [0.1, 0.15) is 23.7 Å². The maximum Gasteiger partial charge on any atom is 0.338 e. The van der Waals surface area contributed by atoms with Gasteiger partial charge < -0.3 is 20.3 Å². The van der Waals surface area contributed by atoms with Gasteiger partial charge in [0.15, 0.2) is 0 Å². The van der Waals surface area contributed by atoms with Gasteiger partial charge >= 0.3 is 5.97 Å². The van der Waals surface area contributed by atoms with E-state index in [0.717, 1.165) is 31.0 Å². The van der Waals surface area contributed by atoms with Crippen LogP contribution in [0.4, 0.5) is 17.5 Å². The van der Waals surface area contributed by atoms with Gasteiger partial charge in [0.1, 0.15) is 5.82 Å². The molecule has 1 heterocycles. The molecular formula is C18H25N5O2. The van der Waals surface area contributed by atoms with Gasteiger partial charge in [0.2, 0.25) is 5.95 Å². The molecule has 0 saturated carbocycles. The fraction of sp³-hybridized carbons (Fsp3) is 0.389. The predicted octanol–water partition coefficient (Wildman–Crippen LogP) is 2.76. The molecule has 25 heavy (non-hydrogen) atoms. The molecule has 0 saturated heterocycles. The second kappa shape index (κ2) is 9.58. The molecule has 0 unspecified atom stereocenters. The average Bonchev–Trinajstić information content (AvgIpc) is 2.60. The van der Waals surface area contributed by atoms with Crippen LogP contribution >= 0.6 is 0 Å². The van der Waals surface area contributed by atoms with E-state index in [0.29, 0.717) is 18.1 Å². The molecule has 0 fully saturated rings. The summed E-state index contributed by atoms with van der Waals surface area (Å²) < 4.78 is 4.97. The largest absolute Gasteiger partial charge is 0.462 e. The topological polar surface area (TPSA) is 79.4 Å². The van der Waals surface area contributed by atoms with Crippen molar-refractivity contribution >= 4 is 23.4 Å². The molecule has 1 aromatic carbocycles. The molecule has 2 aromatic rings. The Morgan fingerprint density at radius 1 is 1.20 bits per heavy atom. The molecule has 0 radical (unpaired) electrons. The van der Waals surface area contributed by atoms with E-state index in [1.54, 1.807) is 37.4 Å². The van der Waals surface area contributed by atoms with E-state index in [9.17, 15) is 4.79 Å². The van der Waals surface area contributed by atoms with E-state index in [4.69, 9.17) is 4.74 Å². The number of carbonyl (C=O) groups is 1. The fourth-order valence-corrected chi connectivity index (χ4v) is 2.16. The molecular weight excluding hydrogens is 318 g/mol. The lowest BCUT2D eigenvalue weighted by atomic mass is 10.2. The lowest BCUT2D eigenvalue weighted by Crippen LogP contribution is -2.16. The Labute approximate surface area is 148 Å². The SMILES string of the molecule is CCOC(=O)c1ccc(Nc2nccc(NCCCN(C)C)n2)cc1. The van der Waals surface area contributed by atoms with Crippen LogP contribution in [0.25, 0.3) is 0 Å². The zero-order valence-corrected chi connectivity index (χ0v) is 15.0. The van der Waals surface area contributed by atoms with Gasteiger partial charge in [0.05, 0.1) is 12.2 Å². The Morgan fingerprint density at radius 3 is 2.64 bits per heavy atom. The molecule has 0 atom stereocenters. The lowest BCUT2D eigenvalue weighted by Gasteiger charge is -2.11. The number of anilines is 3. The van der Waals surface area contributed by atoms with Crippen molar-refractivity contribution in [2.24, 2.45) is 0 Å². The van der Waals surface area contributed by atoms with Crippen LogP contribution in [0, 0.1) is 0 Å². The number of hydrogen-bond acceptors (Lipinski definition) is 7. The van der Waals surface area contributed by atoms with E-state index < -0.39 is 0 Å². The number of benzene rings is 1. The van der Waals surface area contributed by atoms with E-state index in [1.165, 1.54) is 0 Å². The molecule has 134 valence electrons. The molecule has 0 amide bonds. The van der Waals surface area contributed by atoms with Crippen molar-refractivity contribution in [3.05, 3.63) is 42.1 Å². The van der Waals surface area contributed by atoms with Crippen LogP contribution < -0.4 is 10.6 Å². The van der Waals surface area contributed by atoms with Gasteiger partial charge in [-0.05, 0) is 64.3 Å². The van der Waals surface area contributed by atoms with Crippen LogP contribution in [0.3, 0.4) is 0 Å². The van der Waals surface area contributed by atoms with Gasteiger partial charge in [-0.25, -0.2) is 9.78 Å². The van der Waals surface area contributed by atoms with Crippen LogP contribution in [-0.2, 0) is 4.74 Å². The summed E-state index contributed by atoms with van der Waals surface area (Å²) in [7, 11) is 4.11. The van der Waals surface area contributed by atoms with Gasteiger partial charge in [-0.2, -0.15) is 4.98 Å². The minimum Gasteiger partial charge on any atom is -0.462 e. The van der Waals surface area contributed by atoms with Gasteiger partial charge in [0.25, 0.3) is 0 Å². The molecule has 0 aliphatic carbocycles. The number of rotatable bonds is 9. The van der Waals surface area contributed by atoms with E-state index in [2.05, 4.69) is 39.6 Å². The first-order valence-electron chi connectivity index (χ1n) is 8.34. The van der Waals surface area contributed by atoms with Crippen molar-refractivity contribution in [3.63, 3.8) is 0 Å². The summed E-state index contributed by atoms with van der Waals surface area (Å²) >= 11 is 0. The second-order valence-corrected chi connectivity index (χ2v) is 5.77. The minimum atomic E-state index is -0.325. The minimum absolute atomic E-state index is 0.325. The lowest BCUT2D eigenvalue weighted by molar-refractivity contribution is 0.0526. The third-order valence-corrected chi connectivity index (χ3v) is 3.40. The zero-order valence-electron chi connectivity index (χ0n) is 15.0. The van der Waals surface area contributed by atoms with Crippen molar-refractivity contribution < 1.29 is 9.53 Å². The average molecular weight is 343 g/mol.